The van der Waals surface area contributed by atoms with Crippen LogP contribution in [0.25, 0.3) is 21.5 Å². The smallest absolute Gasteiger partial charge is 0.254 e. The van der Waals surface area contributed by atoms with E-state index in [0.29, 0.717) is 6.54 Å². The van der Waals surface area contributed by atoms with Crippen LogP contribution in [0, 0.1) is 0 Å². The molecule has 0 saturated carbocycles. The number of hydrogen-bond acceptors (Lipinski definition) is 4. The van der Waals surface area contributed by atoms with E-state index >= 15 is 0 Å². The van der Waals surface area contributed by atoms with Gasteiger partial charge in [-0.1, -0.05) is 78.9 Å². The van der Waals surface area contributed by atoms with E-state index < -0.39 is 0 Å². The largest absolute Gasteiger partial charge is 0.297 e. The van der Waals surface area contributed by atoms with Crippen LogP contribution in [0.1, 0.15) is 11.1 Å². The minimum atomic E-state index is -0.0766. The Morgan fingerprint density at radius 1 is 0.788 bits per heavy atom. The van der Waals surface area contributed by atoms with Crippen molar-refractivity contribution in [1.82, 2.24) is 15.2 Å². The van der Waals surface area contributed by atoms with Crippen LogP contribution in [0.15, 0.2) is 90.0 Å². The topological polar surface area (TPSA) is 47.9 Å². The second-order valence-electron chi connectivity index (χ2n) is 8.56. The van der Waals surface area contributed by atoms with Gasteiger partial charge in [0.2, 0.25) is 0 Å². The van der Waals surface area contributed by atoms with Gasteiger partial charge in [0, 0.05) is 38.3 Å². The van der Waals surface area contributed by atoms with Gasteiger partial charge in [-0.05, 0) is 33.2 Å². The highest BCUT2D eigenvalue weighted by molar-refractivity contribution is 6.13. The summed E-state index contributed by atoms with van der Waals surface area (Å²) in [5.74, 6) is -0.0766. The third-order valence-electron chi connectivity index (χ3n) is 6.28. The Hall–Kier alpha value is -3.54. The summed E-state index contributed by atoms with van der Waals surface area (Å²) in [5, 5.41) is 8.90. The first-order valence-electron chi connectivity index (χ1n) is 11.5. The molecule has 0 unspecified atom stereocenters. The lowest BCUT2D eigenvalue weighted by atomic mass is 9.97. The molecule has 1 fully saturated rings. The van der Waals surface area contributed by atoms with Crippen molar-refractivity contribution in [3.63, 3.8) is 0 Å². The third kappa shape index (κ3) is 5.11. The Morgan fingerprint density at radius 3 is 2.03 bits per heavy atom. The Bertz CT molecular complexity index is 1220. The maximum atomic E-state index is 12.5. The summed E-state index contributed by atoms with van der Waals surface area (Å²) in [5.41, 5.74) is 5.09. The van der Waals surface area contributed by atoms with E-state index in [0.717, 1.165) is 59.8 Å². The monoisotopic (exact) mass is 436 g/mol. The summed E-state index contributed by atoms with van der Waals surface area (Å²) in [4.78, 5) is 17.2. The van der Waals surface area contributed by atoms with Crippen molar-refractivity contribution in [2.45, 2.75) is 6.54 Å². The molecular weight excluding hydrogens is 408 g/mol. The summed E-state index contributed by atoms with van der Waals surface area (Å²) >= 11 is 0. The van der Waals surface area contributed by atoms with Crippen LogP contribution in [0.5, 0.6) is 0 Å². The zero-order chi connectivity index (χ0) is 22.5. The predicted octanol–water partition coefficient (Wildman–Crippen LogP) is 4.26. The number of benzene rings is 4. The molecule has 0 aromatic heterocycles. The van der Waals surface area contributed by atoms with Gasteiger partial charge in [0.25, 0.3) is 5.91 Å². The zero-order valence-electron chi connectivity index (χ0n) is 18.7. The van der Waals surface area contributed by atoms with E-state index in [2.05, 4.69) is 74.9 Å². The molecule has 1 heterocycles. The standard InChI is InChI=1S/C28H28N4O/c33-28(21-32-16-14-31(15-17-32)20-22-8-2-1-3-9-22)30-29-19-27-25-12-6-4-10-23(25)18-24-11-5-7-13-26(24)27/h1-13,18-19H,14-17,20-21H2,(H,30,33)/b29-19+. The molecule has 0 atom stereocenters. The van der Waals surface area contributed by atoms with E-state index in [9.17, 15) is 4.79 Å². The van der Waals surface area contributed by atoms with Gasteiger partial charge in [-0.2, -0.15) is 5.10 Å². The van der Waals surface area contributed by atoms with Crippen LogP contribution in [0.4, 0.5) is 0 Å². The number of fused-ring (bicyclic) bond motifs is 2. The fourth-order valence-electron chi connectivity index (χ4n) is 4.54. The maximum absolute atomic E-state index is 12.5. The number of rotatable bonds is 6. The lowest BCUT2D eigenvalue weighted by Gasteiger charge is -2.34. The number of carbonyl (C=O) groups is 1. The number of nitrogens with one attached hydrogen (secondary N) is 1. The molecule has 1 amide bonds. The minimum absolute atomic E-state index is 0.0766. The van der Waals surface area contributed by atoms with E-state index in [4.69, 9.17) is 0 Å². The van der Waals surface area contributed by atoms with E-state index in [1.54, 1.807) is 6.21 Å². The summed E-state index contributed by atoms with van der Waals surface area (Å²) in [7, 11) is 0. The molecule has 0 radical (unpaired) electrons. The molecule has 0 bridgehead atoms. The molecule has 4 aromatic rings. The normalized spacial score (nSPS) is 15.4. The average Bonchev–Trinajstić information content (AvgIpc) is 2.85. The molecule has 33 heavy (non-hydrogen) atoms. The van der Waals surface area contributed by atoms with Crippen LogP contribution in [0.2, 0.25) is 0 Å². The lowest BCUT2D eigenvalue weighted by Crippen LogP contribution is -2.48. The fraction of sp³-hybridized carbons (Fsp3) is 0.214. The highest BCUT2D eigenvalue weighted by Gasteiger charge is 2.18. The summed E-state index contributed by atoms with van der Waals surface area (Å²) in [6.45, 7) is 5.04. The molecule has 5 heteroatoms. The average molecular weight is 437 g/mol. The van der Waals surface area contributed by atoms with Gasteiger partial charge >= 0.3 is 0 Å². The molecule has 4 aromatic carbocycles. The Morgan fingerprint density at radius 2 is 1.36 bits per heavy atom. The third-order valence-corrected chi connectivity index (χ3v) is 6.28. The number of piperazine rings is 1. The zero-order valence-corrected chi connectivity index (χ0v) is 18.7. The Balaban J connectivity index is 1.19. The molecule has 1 aliphatic rings. The molecule has 1 N–H and O–H groups in total. The first-order chi connectivity index (χ1) is 16.3. The number of amides is 1. The van der Waals surface area contributed by atoms with Crippen molar-refractivity contribution >= 4 is 33.7 Å². The molecular formula is C28H28N4O. The molecule has 0 spiro atoms. The molecule has 5 nitrogen and oxygen atoms in total. The second-order valence-corrected chi connectivity index (χ2v) is 8.56. The second kappa shape index (κ2) is 9.94. The van der Waals surface area contributed by atoms with Gasteiger partial charge in [-0.3, -0.25) is 14.6 Å². The first-order valence-corrected chi connectivity index (χ1v) is 11.5. The summed E-state index contributed by atoms with van der Waals surface area (Å²) in [6, 6.07) is 29.3. The molecule has 5 rings (SSSR count). The lowest BCUT2D eigenvalue weighted by molar-refractivity contribution is -0.122. The van der Waals surface area contributed by atoms with Gasteiger partial charge in [0.05, 0.1) is 12.8 Å². The van der Waals surface area contributed by atoms with Crippen molar-refractivity contribution in [3.8, 4) is 0 Å². The van der Waals surface area contributed by atoms with Crippen LogP contribution in [0.3, 0.4) is 0 Å². The SMILES string of the molecule is O=C(CN1CCN(Cc2ccccc2)CC1)N/N=C/c1c2ccccc2cc2ccccc12. The molecule has 0 aliphatic carbocycles. The number of hydrazone groups is 1. The van der Waals surface area contributed by atoms with E-state index in [-0.39, 0.29) is 5.91 Å². The molecule has 166 valence electrons. The predicted molar refractivity (Wildman–Crippen MR) is 135 cm³/mol. The molecule has 1 aliphatic heterocycles. The van der Waals surface area contributed by atoms with Gasteiger partial charge in [0.1, 0.15) is 0 Å². The van der Waals surface area contributed by atoms with Crippen molar-refractivity contribution in [2.24, 2.45) is 5.10 Å². The number of nitrogens with zero attached hydrogens (tertiary/aromatic N) is 3. The van der Waals surface area contributed by atoms with Crippen LogP contribution < -0.4 is 5.43 Å². The quantitative estimate of drug-likeness (QED) is 0.279. The van der Waals surface area contributed by atoms with Gasteiger partial charge < -0.3 is 0 Å². The summed E-state index contributed by atoms with van der Waals surface area (Å²) in [6.07, 6.45) is 1.78. The van der Waals surface area contributed by atoms with Crippen molar-refractivity contribution in [1.29, 1.82) is 0 Å². The Kier molecular flexibility index (Phi) is 6.42. The van der Waals surface area contributed by atoms with Crippen LogP contribution in [-0.2, 0) is 11.3 Å². The van der Waals surface area contributed by atoms with Crippen molar-refractivity contribution < 1.29 is 4.79 Å². The summed E-state index contributed by atoms with van der Waals surface area (Å²) < 4.78 is 0. The van der Waals surface area contributed by atoms with Crippen LogP contribution in [-0.4, -0.2) is 54.6 Å². The fourth-order valence-corrected chi connectivity index (χ4v) is 4.54. The van der Waals surface area contributed by atoms with Crippen LogP contribution >= 0.6 is 0 Å². The minimum Gasteiger partial charge on any atom is -0.297 e. The van der Waals surface area contributed by atoms with Gasteiger partial charge in [-0.15, -0.1) is 0 Å². The number of hydrogen-bond donors (Lipinski definition) is 1. The maximum Gasteiger partial charge on any atom is 0.254 e. The highest BCUT2D eigenvalue weighted by Crippen LogP contribution is 2.27. The van der Waals surface area contributed by atoms with Crippen molar-refractivity contribution in [3.05, 3.63) is 96.1 Å². The van der Waals surface area contributed by atoms with E-state index in [1.165, 1.54) is 5.56 Å². The van der Waals surface area contributed by atoms with Gasteiger partial charge in [0.15, 0.2) is 0 Å². The molecule has 1 saturated heterocycles. The Labute approximate surface area is 194 Å². The first kappa shape index (κ1) is 21.3. The van der Waals surface area contributed by atoms with Gasteiger partial charge in [-0.25, -0.2) is 5.43 Å². The highest BCUT2D eigenvalue weighted by atomic mass is 16.2. The van der Waals surface area contributed by atoms with E-state index in [1.807, 2.05) is 30.3 Å². The van der Waals surface area contributed by atoms with Crippen molar-refractivity contribution in [2.75, 3.05) is 32.7 Å². The number of carbonyl (C=O) groups excluding carboxylic acids is 1.